The van der Waals surface area contributed by atoms with Crippen LogP contribution in [0.25, 0.3) is 0 Å². The lowest BCUT2D eigenvalue weighted by atomic mass is 9.94. The van der Waals surface area contributed by atoms with Crippen LogP contribution in [0.15, 0.2) is 29.4 Å². The largest absolute Gasteiger partial charge is 0.375 e. The average Bonchev–Trinajstić information content (AvgIpc) is 2.72. The topological polar surface area (TPSA) is 33.6 Å². The van der Waals surface area contributed by atoms with Gasteiger partial charge in [0.25, 0.3) is 0 Å². The van der Waals surface area contributed by atoms with Crippen LogP contribution >= 0.6 is 11.8 Å². The molecule has 2 heterocycles. The van der Waals surface area contributed by atoms with Crippen molar-refractivity contribution in [3.8, 4) is 0 Å². The van der Waals surface area contributed by atoms with E-state index in [0.29, 0.717) is 0 Å². The molecule has 2 aliphatic heterocycles. The minimum Gasteiger partial charge on any atom is -0.375 e. The molecule has 4 heteroatoms. The second-order valence-corrected chi connectivity index (χ2v) is 7.40. The average molecular weight is 276 g/mol. The Morgan fingerprint density at radius 3 is 2.68 bits per heavy atom. The molecule has 0 saturated carbocycles. The van der Waals surface area contributed by atoms with Gasteiger partial charge in [0.05, 0.1) is 12.2 Å². The summed E-state index contributed by atoms with van der Waals surface area (Å²) in [5.74, 6) is 0. The van der Waals surface area contributed by atoms with E-state index in [9.17, 15) is 0 Å². The Balaban J connectivity index is 1.77. The van der Waals surface area contributed by atoms with E-state index in [1.54, 1.807) is 0 Å². The van der Waals surface area contributed by atoms with Gasteiger partial charge in [0, 0.05) is 18.4 Å². The van der Waals surface area contributed by atoms with Crippen molar-refractivity contribution >= 4 is 16.8 Å². The highest BCUT2D eigenvalue weighted by molar-refractivity contribution is 8.15. The third kappa shape index (κ3) is 2.65. The molecule has 1 N–H and O–H groups in total. The summed E-state index contributed by atoms with van der Waals surface area (Å²) in [6, 6.07) is 8.56. The highest BCUT2D eigenvalue weighted by Crippen LogP contribution is 2.44. The number of benzene rings is 1. The Morgan fingerprint density at radius 2 is 2.00 bits per heavy atom. The molecule has 1 spiro atoms. The van der Waals surface area contributed by atoms with Gasteiger partial charge in [0.2, 0.25) is 0 Å². The standard InChI is InChI=1S/C15H20N2OS/c1-11-4-6-12(7-5-11)13-16-17-15(19-13)8-9-18-14(2,3)10-15/h4-7,17H,8-10H2,1-3H3/t15-/m0/s1. The van der Waals surface area contributed by atoms with Gasteiger partial charge in [-0.3, -0.25) is 5.43 Å². The molecule has 0 bridgehead atoms. The maximum atomic E-state index is 5.80. The Labute approximate surface area is 118 Å². The molecule has 0 amide bonds. The molecule has 3 nitrogen and oxygen atoms in total. The van der Waals surface area contributed by atoms with Crippen LogP contribution in [0.2, 0.25) is 0 Å². The van der Waals surface area contributed by atoms with Crippen molar-refractivity contribution in [2.24, 2.45) is 5.10 Å². The Kier molecular flexibility index (Phi) is 3.10. The summed E-state index contributed by atoms with van der Waals surface area (Å²) in [5, 5.41) is 5.65. The van der Waals surface area contributed by atoms with Gasteiger partial charge in [-0.2, -0.15) is 5.10 Å². The van der Waals surface area contributed by atoms with Crippen molar-refractivity contribution in [2.45, 2.75) is 44.1 Å². The SMILES string of the molecule is Cc1ccc(C2=NN[C@@]3(CCOC(C)(C)C3)S2)cc1. The quantitative estimate of drug-likeness (QED) is 0.854. The van der Waals surface area contributed by atoms with Gasteiger partial charge in [-0.15, -0.1) is 0 Å². The molecular formula is C15H20N2OS. The van der Waals surface area contributed by atoms with Crippen molar-refractivity contribution in [3.63, 3.8) is 0 Å². The number of hydrogen-bond acceptors (Lipinski definition) is 4. The van der Waals surface area contributed by atoms with Crippen LogP contribution < -0.4 is 5.43 Å². The van der Waals surface area contributed by atoms with Gasteiger partial charge >= 0.3 is 0 Å². The van der Waals surface area contributed by atoms with Gasteiger partial charge in [-0.05, 0) is 20.8 Å². The molecule has 1 saturated heterocycles. The van der Waals surface area contributed by atoms with E-state index in [0.717, 1.165) is 24.5 Å². The van der Waals surface area contributed by atoms with Crippen LogP contribution in [-0.2, 0) is 4.74 Å². The molecule has 1 aromatic rings. The molecule has 0 unspecified atom stereocenters. The second-order valence-electron chi connectivity index (χ2n) is 6.03. The number of ether oxygens (including phenoxy) is 1. The maximum absolute atomic E-state index is 5.80. The molecule has 0 aliphatic carbocycles. The number of rotatable bonds is 1. The Morgan fingerprint density at radius 1 is 1.26 bits per heavy atom. The molecule has 3 rings (SSSR count). The van der Waals surface area contributed by atoms with Gasteiger partial charge in [-0.1, -0.05) is 41.6 Å². The zero-order valence-corrected chi connectivity index (χ0v) is 12.5. The van der Waals surface area contributed by atoms with Gasteiger partial charge in [-0.25, -0.2) is 0 Å². The first-order valence-electron chi connectivity index (χ1n) is 6.73. The number of hydrazone groups is 1. The molecule has 1 fully saturated rings. The van der Waals surface area contributed by atoms with E-state index in [4.69, 9.17) is 4.74 Å². The predicted molar refractivity (Wildman–Crippen MR) is 80.4 cm³/mol. The molecule has 102 valence electrons. The van der Waals surface area contributed by atoms with Crippen molar-refractivity contribution < 1.29 is 4.74 Å². The van der Waals surface area contributed by atoms with Gasteiger partial charge in [0.1, 0.15) is 9.91 Å². The zero-order valence-electron chi connectivity index (χ0n) is 11.7. The second kappa shape index (κ2) is 4.53. The number of nitrogens with zero attached hydrogens (tertiary/aromatic N) is 1. The van der Waals surface area contributed by atoms with Gasteiger partial charge < -0.3 is 4.74 Å². The number of nitrogens with one attached hydrogen (secondary N) is 1. The van der Waals surface area contributed by atoms with Crippen molar-refractivity contribution in [2.75, 3.05) is 6.61 Å². The lowest BCUT2D eigenvalue weighted by Crippen LogP contribution is -2.49. The first-order valence-corrected chi connectivity index (χ1v) is 7.55. The molecule has 0 aromatic heterocycles. The van der Waals surface area contributed by atoms with Crippen LogP contribution in [-0.4, -0.2) is 22.1 Å². The third-order valence-corrected chi connectivity index (χ3v) is 5.01. The fraction of sp³-hybridized carbons (Fsp3) is 0.533. The van der Waals surface area contributed by atoms with E-state index >= 15 is 0 Å². The van der Waals surface area contributed by atoms with E-state index in [-0.39, 0.29) is 10.5 Å². The molecule has 1 aromatic carbocycles. The Bertz CT molecular complexity index is 509. The van der Waals surface area contributed by atoms with Crippen LogP contribution in [0.5, 0.6) is 0 Å². The maximum Gasteiger partial charge on any atom is 0.126 e. The highest BCUT2D eigenvalue weighted by atomic mass is 32.2. The van der Waals surface area contributed by atoms with Crippen molar-refractivity contribution in [3.05, 3.63) is 35.4 Å². The lowest BCUT2D eigenvalue weighted by molar-refractivity contribution is -0.0683. The third-order valence-electron chi connectivity index (χ3n) is 3.66. The lowest BCUT2D eigenvalue weighted by Gasteiger charge is -2.41. The van der Waals surface area contributed by atoms with E-state index in [2.05, 4.69) is 55.6 Å². The highest BCUT2D eigenvalue weighted by Gasteiger charge is 2.45. The zero-order chi connectivity index (χ0) is 13.5. The van der Waals surface area contributed by atoms with E-state index < -0.39 is 0 Å². The van der Waals surface area contributed by atoms with Crippen molar-refractivity contribution in [1.82, 2.24) is 5.43 Å². The summed E-state index contributed by atoms with van der Waals surface area (Å²) in [6.45, 7) is 7.21. The summed E-state index contributed by atoms with van der Waals surface area (Å²) in [4.78, 5) is 0.0158. The minimum absolute atomic E-state index is 0.0158. The first-order chi connectivity index (χ1) is 8.98. The Hall–Kier alpha value is -1.00. The molecule has 1 atom stereocenters. The van der Waals surface area contributed by atoms with Crippen molar-refractivity contribution in [1.29, 1.82) is 0 Å². The number of hydrogen-bond donors (Lipinski definition) is 1. The normalized spacial score (nSPS) is 29.1. The summed E-state index contributed by atoms with van der Waals surface area (Å²) < 4.78 is 5.80. The predicted octanol–water partition coefficient (Wildman–Crippen LogP) is 3.28. The monoisotopic (exact) mass is 276 g/mol. The molecule has 19 heavy (non-hydrogen) atoms. The summed E-state index contributed by atoms with van der Waals surface area (Å²) in [6.07, 6.45) is 1.98. The fourth-order valence-corrected chi connectivity index (χ4v) is 4.12. The van der Waals surface area contributed by atoms with Crippen LogP contribution in [0, 0.1) is 6.92 Å². The summed E-state index contributed by atoms with van der Waals surface area (Å²) >= 11 is 1.85. The van der Waals surface area contributed by atoms with Crippen LogP contribution in [0.3, 0.4) is 0 Å². The molecule has 2 aliphatic rings. The van der Waals surface area contributed by atoms with E-state index in [1.165, 1.54) is 11.1 Å². The van der Waals surface area contributed by atoms with Gasteiger partial charge in [0.15, 0.2) is 0 Å². The number of aryl methyl sites for hydroxylation is 1. The summed E-state index contributed by atoms with van der Waals surface area (Å²) in [7, 11) is 0. The molecule has 0 radical (unpaired) electrons. The van der Waals surface area contributed by atoms with E-state index in [1.807, 2.05) is 11.8 Å². The van der Waals surface area contributed by atoms with Crippen LogP contribution in [0.1, 0.15) is 37.8 Å². The smallest absolute Gasteiger partial charge is 0.126 e. The fourth-order valence-electron chi connectivity index (χ4n) is 2.70. The number of thioether (sulfide) groups is 1. The first kappa shape index (κ1) is 13.0. The van der Waals surface area contributed by atoms with Crippen LogP contribution in [0.4, 0.5) is 0 Å². The summed E-state index contributed by atoms with van der Waals surface area (Å²) in [5.41, 5.74) is 5.77. The molecular weight excluding hydrogens is 256 g/mol. The minimum atomic E-state index is -0.0729.